The van der Waals surface area contributed by atoms with Gasteiger partial charge in [-0.25, -0.2) is 0 Å². The van der Waals surface area contributed by atoms with Crippen molar-refractivity contribution in [1.29, 1.82) is 0 Å². The van der Waals surface area contributed by atoms with Crippen molar-refractivity contribution in [2.45, 2.75) is 38.6 Å². The summed E-state index contributed by atoms with van der Waals surface area (Å²) in [5, 5.41) is 0. The highest BCUT2D eigenvalue weighted by Crippen LogP contribution is 2.36. The summed E-state index contributed by atoms with van der Waals surface area (Å²) in [5.41, 5.74) is 1.06. The summed E-state index contributed by atoms with van der Waals surface area (Å²) in [6, 6.07) is 7.80. The van der Waals surface area contributed by atoms with Crippen LogP contribution in [0.2, 0.25) is 0 Å². The second kappa shape index (κ2) is 6.56. The minimum absolute atomic E-state index is 0.0405. The summed E-state index contributed by atoms with van der Waals surface area (Å²) in [6.45, 7) is 4.54. The fourth-order valence-electron chi connectivity index (χ4n) is 3.37. The normalized spacial score (nSPS) is 24.0. The van der Waals surface area contributed by atoms with Gasteiger partial charge in [-0.05, 0) is 50.3 Å². The van der Waals surface area contributed by atoms with Gasteiger partial charge in [-0.15, -0.1) is 0 Å². The van der Waals surface area contributed by atoms with Crippen molar-refractivity contribution in [3.63, 3.8) is 0 Å². The van der Waals surface area contributed by atoms with Crippen LogP contribution in [0.4, 0.5) is 0 Å². The molecule has 1 unspecified atom stereocenters. The van der Waals surface area contributed by atoms with E-state index in [1.54, 1.807) is 8.61 Å². The van der Waals surface area contributed by atoms with E-state index in [1.807, 2.05) is 31.2 Å². The maximum Gasteiger partial charge on any atom is 0.282 e. The van der Waals surface area contributed by atoms with E-state index < -0.39 is 10.2 Å². The van der Waals surface area contributed by atoms with Crippen LogP contribution in [0, 0.1) is 0 Å². The SMILES string of the molecule is CCOc1ccc(C2CCCN2S(=O)(=O)N2CCCC2)cc1. The Morgan fingerprint density at radius 2 is 1.77 bits per heavy atom. The van der Waals surface area contributed by atoms with Gasteiger partial charge in [0.05, 0.1) is 12.6 Å². The van der Waals surface area contributed by atoms with Crippen LogP contribution in [0.15, 0.2) is 24.3 Å². The first kappa shape index (κ1) is 15.8. The zero-order valence-corrected chi connectivity index (χ0v) is 13.9. The van der Waals surface area contributed by atoms with Crippen molar-refractivity contribution in [2.75, 3.05) is 26.2 Å². The van der Waals surface area contributed by atoms with E-state index in [1.165, 1.54) is 0 Å². The molecule has 2 saturated heterocycles. The van der Waals surface area contributed by atoms with Crippen molar-refractivity contribution in [3.8, 4) is 5.75 Å². The lowest BCUT2D eigenvalue weighted by Crippen LogP contribution is -2.42. The molecule has 0 aromatic heterocycles. The fraction of sp³-hybridized carbons (Fsp3) is 0.625. The number of rotatable bonds is 5. The summed E-state index contributed by atoms with van der Waals surface area (Å²) >= 11 is 0. The van der Waals surface area contributed by atoms with Gasteiger partial charge in [-0.2, -0.15) is 17.0 Å². The number of ether oxygens (including phenoxy) is 1. The topological polar surface area (TPSA) is 49.9 Å². The van der Waals surface area contributed by atoms with Gasteiger partial charge in [-0.3, -0.25) is 0 Å². The lowest BCUT2D eigenvalue weighted by molar-refractivity contribution is 0.338. The highest BCUT2D eigenvalue weighted by molar-refractivity contribution is 7.86. The lowest BCUT2D eigenvalue weighted by atomic mass is 10.1. The monoisotopic (exact) mass is 324 g/mol. The molecule has 2 fully saturated rings. The highest BCUT2D eigenvalue weighted by atomic mass is 32.2. The lowest BCUT2D eigenvalue weighted by Gasteiger charge is -2.28. The van der Waals surface area contributed by atoms with E-state index >= 15 is 0 Å². The Morgan fingerprint density at radius 3 is 2.41 bits per heavy atom. The second-order valence-corrected chi connectivity index (χ2v) is 7.77. The maximum absolute atomic E-state index is 12.8. The molecule has 122 valence electrons. The highest BCUT2D eigenvalue weighted by Gasteiger charge is 2.39. The summed E-state index contributed by atoms with van der Waals surface area (Å²) in [6.07, 6.45) is 3.76. The molecule has 3 rings (SSSR count). The van der Waals surface area contributed by atoms with Gasteiger partial charge in [0.15, 0.2) is 0 Å². The number of nitrogens with zero attached hydrogens (tertiary/aromatic N) is 2. The van der Waals surface area contributed by atoms with Crippen LogP contribution in [0.5, 0.6) is 5.75 Å². The quantitative estimate of drug-likeness (QED) is 0.836. The molecule has 0 saturated carbocycles. The van der Waals surface area contributed by atoms with Gasteiger partial charge in [0.25, 0.3) is 10.2 Å². The van der Waals surface area contributed by atoms with E-state index in [4.69, 9.17) is 4.74 Å². The van der Waals surface area contributed by atoms with Gasteiger partial charge < -0.3 is 4.74 Å². The van der Waals surface area contributed by atoms with E-state index in [9.17, 15) is 8.42 Å². The van der Waals surface area contributed by atoms with Crippen molar-refractivity contribution >= 4 is 10.2 Å². The van der Waals surface area contributed by atoms with Crippen LogP contribution in [-0.2, 0) is 10.2 Å². The van der Waals surface area contributed by atoms with Gasteiger partial charge >= 0.3 is 0 Å². The van der Waals surface area contributed by atoms with E-state index in [-0.39, 0.29) is 6.04 Å². The minimum Gasteiger partial charge on any atom is -0.494 e. The molecular weight excluding hydrogens is 300 g/mol. The van der Waals surface area contributed by atoms with Crippen LogP contribution in [0.1, 0.15) is 44.2 Å². The molecule has 0 amide bonds. The second-order valence-electron chi connectivity index (χ2n) is 5.88. The first-order valence-electron chi connectivity index (χ1n) is 8.12. The van der Waals surface area contributed by atoms with E-state index in [0.29, 0.717) is 26.2 Å². The molecule has 1 aromatic rings. The van der Waals surface area contributed by atoms with Crippen molar-refractivity contribution < 1.29 is 13.2 Å². The van der Waals surface area contributed by atoms with Gasteiger partial charge in [-0.1, -0.05) is 12.1 Å². The van der Waals surface area contributed by atoms with Gasteiger partial charge in [0, 0.05) is 19.6 Å². The molecule has 0 bridgehead atoms. The number of benzene rings is 1. The Kier molecular flexibility index (Phi) is 4.70. The average molecular weight is 324 g/mol. The third-order valence-corrected chi connectivity index (χ3v) is 6.51. The fourth-order valence-corrected chi connectivity index (χ4v) is 5.29. The molecule has 6 heteroatoms. The summed E-state index contributed by atoms with van der Waals surface area (Å²) in [5.74, 6) is 0.832. The minimum atomic E-state index is -3.32. The Hall–Kier alpha value is -1.11. The molecule has 22 heavy (non-hydrogen) atoms. The molecule has 0 spiro atoms. The predicted octanol–water partition coefficient (Wildman–Crippen LogP) is 2.56. The first-order valence-corrected chi connectivity index (χ1v) is 9.52. The number of hydrogen-bond acceptors (Lipinski definition) is 3. The molecular formula is C16H24N2O3S. The molecule has 1 atom stereocenters. The van der Waals surface area contributed by atoms with Crippen LogP contribution in [0.3, 0.4) is 0 Å². The molecule has 1 aromatic carbocycles. The molecule has 2 aliphatic heterocycles. The largest absolute Gasteiger partial charge is 0.494 e. The number of hydrogen-bond donors (Lipinski definition) is 0. The third kappa shape index (κ3) is 3.00. The van der Waals surface area contributed by atoms with Crippen LogP contribution >= 0.6 is 0 Å². The maximum atomic E-state index is 12.8. The summed E-state index contributed by atoms with van der Waals surface area (Å²) in [7, 11) is -3.32. The Balaban J connectivity index is 1.80. The van der Waals surface area contributed by atoms with E-state index in [2.05, 4.69) is 0 Å². The Bertz CT molecular complexity index is 594. The van der Waals surface area contributed by atoms with Crippen LogP contribution in [-0.4, -0.2) is 43.3 Å². The molecule has 0 aliphatic carbocycles. The zero-order chi connectivity index (χ0) is 15.6. The molecule has 2 aliphatic rings. The first-order chi connectivity index (χ1) is 10.6. The van der Waals surface area contributed by atoms with Gasteiger partial charge in [0.1, 0.15) is 5.75 Å². The van der Waals surface area contributed by atoms with Crippen LogP contribution < -0.4 is 4.74 Å². The molecule has 0 radical (unpaired) electrons. The Morgan fingerprint density at radius 1 is 1.09 bits per heavy atom. The van der Waals surface area contributed by atoms with Gasteiger partial charge in [0.2, 0.25) is 0 Å². The molecule has 2 heterocycles. The third-order valence-electron chi connectivity index (χ3n) is 4.47. The molecule has 0 N–H and O–H groups in total. The van der Waals surface area contributed by atoms with Crippen molar-refractivity contribution in [2.24, 2.45) is 0 Å². The standard InChI is InChI=1S/C16H24N2O3S/c1-2-21-15-9-7-14(8-10-15)16-6-5-13-18(16)22(19,20)17-11-3-4-12-17/h7-10,16H,2-6,11-13H2,1H3. The van der Waals surface area contributed by atoms with Crippen molar-refractivity contribution in [1.82, 2.24) is 8.61 Å². The van der Waals surface area contributed by atoms with Crippen LogP contribution in [0.25, 0.3) is 0 Å². The van der Waals surface area contributed by atoms with Crippen molar-refractivity contribution in [3.05, 3.63) is 29.8 Å². The smallest absolute Gasteiger partial charge is 0.282 e. The summed E-state index contributed by atoms with van der Waals surface area (Å²) < 4.78 is 34.4. The Labute approximate surface area is 133 Å². The average Bonchev–Trinajstić information content (AvgIpc) is 3.20. The predicted molar refractivity (Wildman–Crippen MR) is 86.0 cm³/mol. The molecule has 5 nitrogen and oxygen atoms in total. The zero-order valence-electron chi connectivity index (χ0n) is 13.1. The summed E-state index contributed by atoms with van der Waals surface area (Å²) in [4.78, 5) is 0. The van der Waals surface area contributed by atoms with E-state index in [0.717, 1.165) is 37.0 Å².